The van der Waals surface area contributed by atoms with Gasteiger partial charge >= 0.3 is 0 Å². The van der Waals surface area contributed by atoms with Gasteiger partial charge in [0.1, 0.15) is 6.10 Å². The van der Waals surface area contributed by atoms with Crippen LogP contribution < -0.4 is 5.32 Å². The van der Waals surface area contributed by atoms with Crippen molar-refractivity contribution in [1.82, 2.24) is 4.98 Å². The number of nitrogens with one attached hydrogen (secondary N) is 1. The summed E-state index contributed by atoms with van der Waals surface area (Å²) in [7, 11) is 0. The fourth-order valence-electron chi connectivity index (χ4n) is 2.26. The zero-order chi connectivity index (χ0) is 15.4. The number of amides is 1. The van der Waals surface area contributed by atoms with Crippen LogP contribution in [0.25, 0.3) is 0 Å². The summed E-state index contributed by atoms with van der Waals surface area (Å²) in [5, 5.41) is 3.50. The number of aromatic nitrogens is 1. The highest BCUT2D eigenvalue weighted by molar-refractivity contribution is 7.15. The molecule has 1 saturated heterocycles. The second-order valence-electron chi connectivity index (χ2n) is 5.78. The minimum absolute atomic E-state index is 0.105. The van der Waals surface area contributed by atoms with Crippen molar-refractivity contribution in [3.05, 3.63) is 10.6 Å². The summed E-state index contributed by atoms with van der Waals surface area (Å²) >= 11 is 1.49. The summed E-state index contributed by atoms with van der Waals surface area (Å²) in [6.07, 6.45) is 1.74. The SMILES string of the molecule is Cc1nc(NC(=O)[C@H](OC[C@@H]2CCCO2)C(C)C)sc1C. The van der Waals surface area contributed by atoms with Gasteiger partial charge in [0.15, 0.2) is 5.13 Å². The van der Waals surface area contributed by atoms with Crippen LogP contribution in [0, 0.1) is 19.8 Å². The number of rotatable bonds is 6. The Kier molecular flexibility index (Phi) is 5.72. The van der Waals surface area contributed by atoms with E-state index in [0.717, 1.165) is 30.0 Å². The van der Waals surface area contributed by atoms with Gasteiger partial charge in [-0.05, 0) is 32.6 Å². The first kappa shape index (κ1) is 16.4. The van der Waals surface area contributed by atoms with E-state index in [1.54, 1.807) is 0 Å². The summed E-state index contributed by atoms with van der Waals surface area (Å²) in [6.45, 7) is 9.18. The molecule has 6 heteroatoms. The Morgan fingerprint density at radius 3 is 2.81 bits per heavy atom. The molecule has 0 bridgehead atoms. The van der Waals surface area contributed by atoms with Crippen molar-refractivity contribution >= 4 is 22.4 Å². The van der Waals surface area contributed by atoms with Crippen molar-refractivity contribution in [2.75, 3.05) is 18.5 Å². The van der Waals surface area contributed by atoms with Crippen LogP contribution in [0.5, 0.6) is 0 Å². The van der Waals surface area contributed by atoms with E-state index in [9.17, 15) is 4.79 Å². The van der Waals surface area contributed by atoms with Gasteiger partial charge in [0.2, 0.25) is 0 Å². The molecule has 1 aromatic heterocycles. The smallest absolute Gasteiger partial charge is 0.255 e. The molecule has 1 amide bonds. The maximum Gasteiger partial charge on any atom is 0.255 e. The highest BCUT2D eigenvalue weighted by Crippen LogP contribution is 2.22. The molecule has 5 nitrogen and oxygen atoms in total. The third-order valence-electron chi connectivity index (χ3n) is 3.61. The summed E-state index contributed by atoms with van der Waals surface area (Å²) in [6, 6.07) is 0. The van der Waals surface area contributed by atoms with Crippen LogP contribution in [-0.4, -0.2) is 36.3 Å². The van der Waals surface area contributed by atoms with Gasteiger partial charge in [-0.1, -0.05) is 13.8 Å². The number of carbonyl (C=O) groups excluding carboxylic acids is 1. The Balaban J connectivity index is 1.91. The number of aryl methyl sites for hydroxylation is 2. The molecule has 2 rings (SSSR count). The van der Waals surface area contributed by atoms with Gasteiger partial charge in [0, 0.05) is 11.5 Å². The van der Waals surface area contributed by atoms with Gasteiger partial charge in [0.25, 0.3) is 5.91 Å². The Morgan fingerprint density at radius 2 is 2.29 bits per heavy atom. The predicted octanol–water partition coefficient (Wildman–Crippen LogP) is 2.92. The lowest BCUT2D eigenvalue weighted by Crippen LogP contribution is -2.36. The first-order valence-electron chi connectivity index (χ1n) is 7.45. The van der Waals surface area contributed by atoms with E-state index in [1.807, 2.05) is 27.7 Å². The van der Waals surface area contributed by atoms with Crippen molar-refractivity contribution in [2.45, 2.75) is 52.7 Å². The zero-order valence-electron chi connectivity index (χ0n) is 13.1. The van der Waals surface area contributed by atoms with E-state index in [4.69, 9.17) is 9.47 Å². The van der Waals surface area contributed by atoms with E-state index in [1.165, 1.54) is 11.3 Å². The average Bonchev–Trinajstić information content (AvgIpc) is 3.00. The minimum atomic E-state index is -0.473. The molecule has 21 heavy (non-hydrogen) atoms. The van der Waals surface area contributed by atoms with Gasteiger partial charge < -0.3 is 9.47 Å². The molecule has 1 aromatic rings. The Labute approximate surface area is 130 Å². The van der Waals surface area contributed by atoms with Crippen LogP contribution in [0.15, 0.2) is 0 Å². The highest BCUT2D eigenvalue weighted by atomic mass is 32.1. The second kappa shape index (κ2) is 7.33. The van der Waals surface area contributed by atoms with E-state index in [0.29, 0.717) is 11.7 Å². The van der Waals surface area contributed by atoms with E-state index in [2.05, 4.69) is 10.3 Å². The van der Waals surface area contributed by atoms with Crippen molar-refractivity contribution in [2.24, 2.45) is 5.92 Å². The van der Waals surface area contributed by atoms with Crippen LogP contribution >= 0.6 is 11.3 Å². The van der Waals surface area contributed by atoms with Gasteiger partial charge in [-0.3, -0.25) is 10.1 Å². The summed E-state index contributed by atoms with van der Waals surface area (Å²) in [5.74, 6) is -0.0229. The van der Waals surface area contributed by atoms with Gasteiger partial charge in [-0.15, -0.1) is 11.3 Å². The molecular formula is C15H24N2O3S. The number of nitrogens with zero attached hydrogens (tertiary/aromatic N) is 1. The van der Waals surface area contributed by atoms with E-state index < -0.39 is 6.10 Å². The summed E-state index contributed by atoms with van der Waals surface area (Å²) in [4.78, 5) is 17.8. The summed E-state index contributed by atoms with van der Waals surface area (Å²) in [5.41, 5.74) is 0.955. The number of anilines is 1. The van der Waals surface area contributed by atoms with Crippen LogP contribution in [0.1, 0.15) is 37.3 Å². The lowest BCUT2D eigenvalue weighted by Gasteiger charge is -2.22. The molecule has 1 aliphatic rings. The van der Waals surface area contributed by atoms with Crippen LogP contribution in [0.3, 0.4) is 0 Å². The molecule has 0 spiro atoms. The third-order valence-corrected chi connectivity index (χ3v) is 4.60. The largest absolute Gasteiger partial charge is 0.376 e. The van der Waals surface area contributed by atoms with Crippen molar-refractivity contribution in [3.63, 3.8) is 0 Å². The number of thiazole rings is 1. The van der Waals surface area contributed by atoms with E-state index in [-0.39, 0.29) is 17.9 Å². The molecule has 118 valence electrons. The van der Waals surface area contributed by atoms with E-state index >= 15 is 0 Å². The lowest BCUT2D eigenvalue weighted by molar-refractivity contribution is -0.132. The van der Waals surface area contributed by atoms with Crippen LogP contribution in [0.2, 0.25) is 0 Å². The van der Waals surface area contributed by atoms with Crippen LogP contribution in [0.4, 0.5) is 5.13 Å². The quantitative estimate of drug-likeness (QED) is 0.877. The molecule has 0 aliphatic carbocycles. The highest BCUT2D eigenvalue weighted by Gasteiger charge is 2.26. The number of hydrogen-bond donors (Lipinski definition) is 1. The number of hydrogen-bond acceptors (Lipinski definition) is 5. The minimum Gasteiger partial charge on any atom is -0.376 e. The van der Waals surface area contributed by atoms with Crippen molar-refractivity contribution in [3.8, 4) is 0 Å². The molecular weight excluding hydrogens is 288 g/mol. The van der Waals surface area contributed by atoms with Gasteiger partial charge in [-0.25, -0.2) is 4.98 Å². The van der Waals surface area contributed by atoms with Gasteiger partial charge in [0.05, 0.1) is 18.4 Å². The molecule has 1 fully saturated rings. The maximum absolute atomic E-state index is 12.4. The van der Waals surface area contributed by atoms with Gasteiger partial charge in [-0.2, -0.15) is 0 Å². The molecule has 1 aliphatic heterocycles. The maximum atomic E-state index is 12.4. The number of ether oxygens (including phenoxy) is 2. The molecule has 0 radical (unpaired) electrons. The fraction of sp³-hybridized carbons (Fsp3) is 0.733. The standard InChI is InChI=1S/C15H24N2O3S/c1-9(2)13(20-8-12-6-5-7-19-12)14(18)17-15-16-10(3)11(4)21-15/h9,12-13H,5-8H2,1-4H3,(H,16,17,18)/t12-,13+/m0/s1. The Hall–Kier alpha value is -0.980. The Morgan fingerprint density at radius 1 is 1.52 bits per heavy atom. The first-order valence-corrected chi connectivity index (χ1v) is 8.27. The topological polar surface area (TPSA) is 60.5 Å². The van der Waals surface area contributed by atoms with Crippen LogP contribution in [-0.2, 0) is 14.3 Å². The predicted molar refractivity (Wildman–Crippen MR) is 83.8 cm³/mol. The first-order chi connectivity index (χ1) is 9.97. The second-order valence-corrected chi connectivity index (χ2v) is 6.99. The fourth-order valence-corrected chi connectivity index (χ4v) is 3.08. The normalized spacial score (nSPS) is 20.0. The molecule has 1 N–H and O–H groups in total. The molecule has 0 unspecified atom stereocenters. The average molecular weight is 312 g/mol. The molecule has 2 atom stereocenters. The molecule has 0 aromatic carbocycles. The monoisotopic (exact) mass is 312 g/mol. The number of carbonyl (C=O) groups is 1. The third kappa shape index (κ3) is 4.49. The summed E-state index contributed by atoms with van der Waals surface area (Å²) < 4.78 is 11.3. The lowest BCUT2D eigenvalue weighted by atomic mass is 10.1. The zero-order valence-corrected chi connectivity index (χ0v) is 14.0. The Bertz CT molecular complexity index is 462. The van der Waals surface area contributed by atoms with Crippen molar-refractivity contribution in [1.29, 1.82) is 0 Å². The molecule has 0 saturated carbocycles. The van der Waals surface area contributed by atoms with Crippen molar-refractivity contribution < 1.29 is 14.3 Å². The molecule has 2 heterocycles.